The molecule has 1 atom stereocenters. The number of hydrogen-bond donors (Lipinski definition) is 1. The Balaban J connectivity index is 1.45. The Bertz CT molecular complexity index is 468. The minimum absolute atomic E-state index is 0.147. The first-order chi connectivity index (χ1) is 10.8. The summed E-state index contributed by atoms with van der Waals surface area (Å²) < 4.78 is 0. The summed E-state index contributed by atoms with van der Waals surface area (Å²) in [6, 6.07) is 11.0. The molecule has 1 aromatic carbocycles. The molecule has 2 saturated heterocycles. The summed E-state index contributed by atoms with van der Waals surface area (Å²) in [4.78, 5) is 16.8. The number of nitrogens with zero attached hydrogens (tertiary/aromatic N) is 2. The lowest BCUT2D eigenvalue weighted by Gasteiger charge is -2.23. The van der Waals surface area contributed by atoms with Crippen molar-refractivity contribution in [2.24, 2.45) is 0 Å². The zero-order valence-corrected chi connectivity index (χ0v) is 13.3. The monoisotopic (exact) mass is 301 g/mol. The maximum atomic E-state index is 12.4. The molecule has 3 rings (SSSR count). The zero-order chi connectivity index (χ0) is 15.2. The van der Waals surface area contributed by atoms with Crippen LogP contribution in [0.5, 0.6) is 0 Å². The van der Waals surface area contributed by atoms with Gasteiger partial charge in [0.05, 0.1) is 0 Å². The highest BCUT2D eigenvalue weighted by Crippen LogP contribution is 2.15. The van der Waals surface area contributed by atoms with Crippen LogP contribution in [0.25, 0.3) is 0 Å². The highest BCUT2D eigenvalue weighted by molar-refractivity contribution is 5.74. The molecule has 0 saturated carbocycles. The van der Waals surface area contributed by atoms with Gasteiger partial charge in [0.15, 0.2) is 0 Å². The fourth-order valence-electron chi connectivity index (χ4n) is 3.48. The Morgan fingerprint density at radius 1 is 1.05 bits per heavy atom. The predicted molar refractivity (Wildman–Crippen MR) is 88.7 cm³/mol. The third kappa shape index (κ3) is 4.23. The molecule has 1 N–H and O–H groups in total. The SMILES string of the molecule is O=C(N[C@H]1CCN(Cc2ccccc2)C1)N1CCCCCC1. The van der Waals surface area contributed by atoms with Gasteiger partial charge in [-0.3, -0.25) is 4.90 Å². The van der Waals surface area contributed by atoms with E-state index in [2.05, 4.69) is 40.5 Å². The van der Waals surface area contributed by atoms with Crippen LogP contribution in [0.1, 0.15) is 37.7 Å². The van der Waals surface area contributed by atoms with Gasteiger partial charge in [-0.15, -0.1) is 0 Å². The molecule has 2 aliphatic rings. The molecule has 22 heavy (non-hydrogen) atoms. The molecule has 0 aromatic heterocycles. The molecule has 2 heterocycles. The van der Waals surface area contributed by atoms with E-state index >= 15 is 0 Å². The molecule has 2 fully saturated rings. The number of rotatable bonds is 3. The van der Waals surface area contributed by atoms with Crippen molar-refractivity contribution < 1.29 is 4.79 Å². The van der Waals surface area contributed by atoms with Crippen LogP contribution in [0.2, 0.25) is 0 Å². The number of amides is 2. The van der Waals surface area contributed by atoms with Crippen LogP contribution in [0.4, 0.5) is 4.79 Å². The smallest absolute Gasteiger partial charge is 0.317 e. The topological polar surface area (TPSA) is 35.6 Å². The number of likely N-dealkylation sites (tertiary alicyclic amines) is 2. The molecule has 2 aliphatic heterocycles. The number of nitrogens with one attached hydrogen (secondary N) is 1. The fourth-order valence-corrected chi connectivity index (χ4v) is 3.48. The third-order valence-electron chi connectivity index (χ3n) is 4.74. The molecule has 4 nitrogen and oxygen atoms in total. The molecular formula is C18H27N3O. The van der Waals surface area contributed by atoms with Gasteiger partial charge >= 0.3 is 6.03 Å². The van der Waals surface area contributed by atoms with Crippen molar-refractivity contribution in [1.82, 2.24) is 15.1 Å². The van der Waals surface area contributed by atoms with E-state index in [4.69, 9.17) is 0 Å². The standard InChI is InChI=1S/C18H27N3O/c22-18(21-11-6-1-2-7-12-21)19-17-10-13-20(15-17)14-16-8-4-3-5-9-16/h3-5,8-9,17H,1-2,6-7,10-15H2,(H,19,22)/t17-/m0/s1. The summed E-state index contributed by atoms with van der Waals surface area (Å²) >= 11 is 0. The Labute approximate surface area is 133 Å². The Kier molecular flexibility index (Phi) is 5.33. The van der Waals surface area contributed by atoms with E-state index in [1.54, 1.807) is 0 Å². The fraction of sp³-hybridized carbons (Fsp3) is 0.611. The maximum absolute atomic E-state index is 12.4. The van der Waals surface area contributed by atoms with E-state index in [-0.39, 0.29) is 6.03 Å². The molecule has 0 unspecified atom stereocenters. The van der Waals surface area contributed by atoms with Gasteiger partial charge < -0.3 is 10.2 Å². The summed E-state index contributed by atoms with van der Waals surface area (Å²) in [6.45, 7) is 4.86. The summed E-state index contributed by atoms with van der Waals surface area (Å²) in [5.41, 5.74) is 1.35. The van der Waals surface area contributed by atoms with Gasteiger partial charge in [-0.05, 0) is 24.8 Å². The van der Waals surface area contributed by atoms with Gasteiger partial charge in [-0.2, -0.15) is 0 Å². The van der Waals surface area contributed by atoms with E-state index in [0.717, 1.165) is 52.0 Å². The minimum Gasteiger partial charge on any atom is -0.334 e. The van der Waals surface area contributed by atoms with E-state index in [9.17, 15) is 4.79 Å². The molecule has 0 spiro atoms. The largest absolute Gasteiger partial charge is 0.334 e. The van der Waals surface area contributed by atoms with Gasteiger partial charge in [0.25, 0.3) is 0 Å². The van der Waals surface area contributed by atoms with Gasteiger partial charge in [0, 0.05) is 38.8 Å². The number of carbonyl (C=O) groups is 1. The third-order valence-corrected chi connectivity index (χ3v) is 4.74. The first-order valence-electron chi connectivity index (χ1n) is 8.63. The van der Waals surface area contributed by atoms with Gasteiger partial charge in [0.2, 0.25) is 0 Å². The quantitative estimate of drug-likeness (QED) is 0.932. The lowest BCUT2D eigenvalue weighted by atomic mass is 10.2. The van der Waals surface area contributed by atoms with E-state index < -0.39 is 0 Å². The summed E-state index contributed by atoms with van der Waals surface area (Å²) in [6.07, 6.45) is 5.89. The summed E-state index contributed by atoms with van der Waals surface area (Å²) in [5.74, 6) is 0. The second-order valence-corrected chi connectivity index (χ2v) is 6.56. The van der Waals surface area contributed by atoms with Crippen molar-refractivity contribution in [3.63, 3.8) is 0 Å². The van der Waals surface area contributed by atoms with E-state index in [0.29, 0.717) is 6.04 Å². The highest BCUT2D eigenvalue weighted by atomic mass is 16.2. The average molecular weight is 301 g/mol. The number of urea groups is 1. The zero-order valence-electron chi connectivity index (χ0n) is 13.3. The van der Waals surface area contributed by atoms with Gasteiger partial charge in [-0.1, -0.05) is 43.2 Å². The van der Waals surface area contributed by atoms with Crippen molar-refractivity contribution in [2.45, 2.75) is 44.7 Å². The molecule has 0 bridgehead atoms. The molecule has 4 heteroatoms. The second-order valence-electron chi connectivity index (χ2n) is 6.56. The number of hydrogen-bond acceptors (Lipinski definition) is 2. The van der Waals surface area contributed by atoms with Crippen molar-refractivity contribution in [2.75, 3.05) is 26.2 Å². The second kappa shape index (κ2) is 7.63. The normalized spacial score (nSPS) is 23.3. The maximum Gasteiger partial charge on any atom is 0.317 e. The van der Waals surface area contributed by atoms with Crippen LogP contribution in [-0.2, 0) is 6.54 Å². The van der Waals surface area contributed by atoms with Crippen molar-refractivity contribution in [1.29, 1.82) is 0 Å². The van der Waals surface area contributed by atoms with Crippen LogP contribution < -0.4 is 5.32 Å². The molecule has 2 amide bonds. The van der Waals surface area contributed by atoms with Crippen molar-refractivity contribution in [3.05, 3.63) is 35.9 Å². The molecular weight excluding hydrogens is 274 g/mol. The molecule has 0 radical (unpaired) electrons. The number of benzene rings is 1. The first kappa shape index (κ1) is 15.3. The van der Waals surface area contributed by atoms with E-state index in [1.807, 2.05) is 4.90 Å². The van der Waals surface area contributed by atoms with Gasteiger partial charge in [0.1, 0.15) is 0 Å². The summed E-state index contributed by atoms with van der Waals surface area (Å²) in [7, 11) is 0. The lowest BCUT2D eigenvalue weighted by molar-refractivity contribution is 0.195. The first-order valence-corrected chi connectivity index (χ1v) is 8.63. The van der Waals surface area contributed by atoms with Crippen LogP contribution >= 0.6 is 0 Å². The van der Waals surface area contributed by atoms with E-state index in [1.165, 1.54) is 18.4 Å². The van der Waals surface area contributed by atoms with Crippen LogP contribution in [0.15, 0.2) is 30.3 Å². The molecule has 1 aromatic rings. The van der Waals surface area contributed by atoms with Crippen LogP contribution in [0, 0.1) is 0 Å². The predicted octanol–water partition coefficient (Wildman–Crippen LogP) is 2.85. The summed E-state index contributed by atoms with van der Waals surface area (Å²) in [5, 5.41) is 3.24. The Morgan fingerprint density at radius 2 is 1.77 bits per heavy atom. The highest BCUT2D eigenvalue weighted by Gasteiger charge is 2.25. The van der Waals surface area contributed by atoms with Crippen LogP contribution in [-0.4, -0.2) is 48.1 Å². The molecule has 0 aliphatic carbocycles. The Hall–Kier alpha value is -1.55. The Morgan fingerprint density at radius 3 is 2.50 bits per heavy atom. The minimum atomic E-state index is 0.147. The molecule has 120 valence electrons. The average Bonchev–Trinajstić information content (AvgIpc) is 2.80. The number of carbonyl (C=O) groups excluding carboxylic acids is 1. The van der Waals surface area contributed by atoms with Crippen LogP contribution in [0.3, 0.4) is 0 Å². The van der Waals surface area contributed by atoms with Crippen molar-refractivity contribution >= 4 is 6.03 Å². The van der Waals surface area contributed by atoms with Gasteiger partial charge in [-0.25, -0.2) is 4.79 Å². The van der Waals surface area contributed by atoms with Crippen molar-refractivity contribution in [3.8, 4) is 0 Å². The lowest BCUT2D eigenvalue weighted by Crippen LogP contribution is -2.46.